The van der Waals surface area contributed by atoms with Gasteiger partial charge in [0, 0.05) is 0 Å². The van der Waals surface area contributed by atoms with E-state index < -0.39 is 18.3 Å². The van der Waals surface area contributed by atoms with Gasteiger partial charge in [0.05, 0.1) is 0 Å². The van der Waals surface area contributed by atoms with Gasteiger partial charge in [0.2, 0.25) is 0 Å². The van der Waals surface area contributed by atoms with Crippen molar-refractivity contribution in [1.29, 1.82) is 0 Å². The molecule has 1 saturated carbocycles. The molecule has 0 N–H and O–H groups in total. The van der Waals surface area contributed by atoms with Crippen molar-refractivity contribution in [3.05, 3.63) is 34.2 Å². The standard InChI is InChI=1S/C20H23B2NO4/c1-11-14(22-26-19(2,3)20(4,5)27-22)9-8-13-16(11)23(12-6-7-12)18(24)15-17(13)25-10-21-15/h8-10,12H,6-7H2,1-5H3. The van der Waals surface area contributed by atoms with Crippen molar-refractivity contribution in [3.8, 4) is 0 Å². The number of fused-ring (bicyclic) bond motifs is 3. The Morgan fingerprint density at radius 1 is 1.15 bits per heavy atom. The molecule has 5 rings (SSSR count). The van der Waals surface area contributed by atoms with Crippen molar-refractivity contribution < 1.29 is 13.7 Å². The van der Waals surface area contributed by atoms with Gasteiger partial charge in [-0.25, -0.2) is 0 Å². The van der Waals surface area contributed by atoms with Gasteiger partial charge in [0.25, 0.3) is 0 Å². The van der Waals surface area contributed by atoms with E-state index in [0.717, 1.165) is 34.8 Å². The van der Waals surface area contributed by atoms with Crippen LogP contribution in [0.25, 0.3) is 21.8 Å². The van der Waals surface area contributed by atoms with Crippen LogP contribution in [0.2, 0.25) is 0 Å². The average Bonchev–Trinajstić information content (AvgIpc) is 3.23. The van der Waals surface area contributed by atoms with E-state index in [1.54, 1.807) is 13.1 Å². The van der Waals surface area contributed by atoms with Crippen LogP contribution in [-0.2, 0) is 9.31 Å². The monoisotopic (exact) mass is 363 g/mol. The summed E-state index contributed by atoms with van der Waals surface area (Å²) in [5.41, 5.74) is 2.82. The van der Waals surface area contributed by atoms with Gasteiger partial charge in [0.15, 0.2) is 0 Å². The first-order chi connectivity index (χ1) is 12.7. The van der Waals surface area contributed by atoms with Crippen LogP contribution in [-0.4, -0.2) is 29.8 Å². The van der Waals surface area contributed by atoms with Crippen molar-refractivity contribution >= 4 is 41.3 Å². The van der Waals surface area contributed by atoms with Crippen LogP contribution >= 0.6 is 0 Å². The Morgan fingerprint density at radius 3 is 2.44 bits per heavy atom. The Kier molecular flexibility index (Phi) is 3.43. The fraction of sp³-hybridized carbons (Fsp3) is 0.500. The number of aryl methyl sites for hydroxylation is 1. The fourth-order valence-corrected chi connectivity index (χ4v) is 4.03. The molecular weight excluding hydrogens is 340 g/mol. The van der Waals surface area contributed by atoms with Crippen molar-refractivity contribution in [3.63, 3.8) is 0 Å². The van der Waals surface area contributed by atoms with Crippen LogP contribution in [0.3, 0.4) is 0 Å². The number of benzene rings is 1. The number of hydrogen-bond acceptors (Lipinski definition) is 4. The summed E-state index contributed by atoms with van der Waals surface area (Å²) in [5, 5.41) is 1.62. The molecule has 3 heterocycles. The summed E-state index contributed by atoms with van der Waals surface area (Å²) in [6, 6.07) is 4.35. The molecule has 7 heteroatoms. The van der Waals surface area contributed by atoms with Crippen LogP contribution in [0.1, 0.15) is 52.1 Å². The summed E-state index contributed by atoms with van der Waals surface area (Å²) in [6.45, 7) is 12.0. The molecule has 3 aromatic rings. The van der Waals surface area contributed by atoms with Gasteiger partial charge in [-0.2, -0.15) is 0 Å². The molecule has 0 radical (unpaired) electrons. The molecule has 1 aliphatic carbocycles. The van der Waals surface area contributed by atoms with Gasteiger partial charge in [0.1, 0.15) is 0 Å². The summed E-state index contributed by atoms with van der Waals surface area (Å²) in [5.74, 6) is 0. The van der Waals surface area contributed by atoms with Crippen LogP contribution in [0.5, 0.6) is 0 Å². The van der Waals surface area contributed by atoms with E-state index in [0.29, 0.717) is 10.9 Å². The third-order valence-corrected chi connectivity index (χ3v) is 6.49. The number of pyridine rings is 1. The Bertz CT molecular complexity index is 1120. The quantitative estimate of drug-likeness (QED) is 0.657. The molecule has 138 valence electrons. The summed E-state index contributed by atoms with van der Waals surface area (Å²) in [6.07, 6.45) is 3.68. The van der Waals surface area contributed by atoms with Crippen molar-refractivity contribution in [2.45, 2.75) is 64.7 Å². The van der Waals surface area contributed by atoms with Gasteiger partial charge >= 0.3 is 158 Å². The predicted octanol–water partition coefficient (Wildman–Crippen LogP) is 3.03. The first-order valence-electron chi connectivity index (χ1n) is 9.62. The predicted molar refractivity (Wildman–Crippen MR) is 108 cm³/mol. The van der Waals surface area contributed by atoms with Gasteiger partial charge in [-0.1, -0.05) is 0 Å². The third kappa shape index (κ3) is 2.34. The van der Waals surface area contributed by atoms with Gasteiger partial charge in [-0.3, -0.25) is 0 Å². The van der Waals surface area contributed by atoms with Crippen LogP contribution in [0.4, 0.5) is 0 Å². The molecule has 2 aromatic heterocycles. The number of rotatable bonds is 2. The van der Waals surface area contributed by atoms with E-state index in [4.69, 9.17) is 13.7 Å². The molecule has 2 aliphatic rings. The first kappa shape index (κ1) is 17.3. The van der Waals surface area contributed by atoms with Crippen LogP contribution < -0.4 is 11.0 Å². The summed E-state index contributed by atoms with van der Waals surface area (Å²) in [4.78, 5) is 13.1. The van der Waals surface area contributed by atoms with Crippen LogP contribution in [0.15, 0.2) is 27.5 Å². The van der Waals surface area contributed by atoms with Gasteiger partial charge in [-0.15, -0.1) is 0 Å². The maximum atomic E-state index is 13.1. The Morgan fingerprint density at radius 2 is 1.81 bits per heavy atom. The number of aromatic nitrogens is 1. The van der Waals surface area contributed by atoms with E-state index in [-0.39, 0.29) is 11.6 Å². The van der Waals surface area contributed by atoms with E-state index in [1.807, 2.05) is 16.7 Å². The average molecular weight is 363 g/mol. The van der Waals surface area contributed by atoms with Crippen molar-refractivity contribution in [1.82, 2.24) is 4.57 Å². The molecule has 0 amide bonds. The molecule has 2 fully saturated rings. The fourth-order valence-electron chi connectivity index (χ4n) is 4.03. The molecule has 0 atom stereocenters. The van der Waals surface area contributed by atoms with E-state index >= 15 is 0 Å². The molecular formula is C20H23B2NO4. The van der Waals surface area contributed by atoms with Crippen molar-refractivity contribution in [2.75, 3.05) is 0 Å². The molecule has 1 saturated heterocycles. The molecule has 0 bridgehead atoms. The molecule has 27 heavy (non-hydrogen) atoms. The summed E-state index contributed by atoms with van der Waals surface area (Å²) >= 11 is 0. The third-order valence-electron chi connectivity index (χ3n) is 6.49. The molecule has 0 unspecified atom stereocenters. The molecule has 1 aliphatic heterocycles. The van der Waals surface area contributed by atoms with Gasteiger partial charge in [-0.05, 0) is 0 Å². The van der Waals surface area contributed by atoms with E-state index in [1.165, 1.54) is 0 Å². The second kappa shape index (κ2) is 5.36. The number of nitrogens with zero attached hydrogens (tertiary/aromatic N) is 1. The molecule has 0 spiro atoms. The second-order valence-corrected chi connectivity index (χ2v) is 8.83. The van der Waals surface area contributed by atoms with Gasteiger partial charge < -0.3 is 0 Å². The SMILES string of the molecule is Cc1c(B2OC(C)(C)C(C)(C)O2)ccc2c3ocbc3c(=O)n(C3CC3)c12. The second-order valence-electron chi connectivity index (χ2n) is 8.83. The molecule has 1 aromatic carbocycles. The minimum atomic E-state index is -0.450. The van der Waals surface area contributed by atoms with E-state index in [9.17, 15) is 4.79 Å². The summed E-state index contributed by atoms with van der Waals surface area (Å²) < 4.78 is 20.2. The van der Waals surface area contributed by atoms with Crippen molar-refractivity contribution in [2.24, 2.45) is 0 Å². The topological polar surface area (TPSA) is 53.6 Å². The maximum absolute atomic E-state index is 13.1. The van der Waals surface area contributed by atoms with E-state index in [2.05, 4.69) is 34.6 Å². The molecule has 5 nitrogen and oxygen atoms in total. The Labute approximate surface area is 159 Å². The summed E-state index contributed by atoms with van der Waals surface area (Å²) in [7, 11) is -0.450. The normalized spacial score (nSPS) is 21.3. The Balaban J connectivity index is 1.78. The Hall–Kier alpha value is -1.85. The zero-order chi connectivity index (χ0) is 19.1. The minimum absolute atomic E-state index is 0.0305. The zero-order valence-electron chi connectivity index (χ0n) is 16.5. The first-order valence-corrected chi connectivity index (χ1v) is 9.62. The van der Waals surface area contributed by atoms with Crippen LogP contribution in [0, 0.1) is 6.92 Å². The number of hydrogen-bond donors (Lipinski definition) is 0. The zero-order valence-corrected chi connectivity index (χ0v) is 16.5.